The molecule has 1 amide bonds. The Morgan fingerprint density at radius 1 is 1.35 bits per heavy atom. The van der Waals surface area contributed by atoms with E-state index in [1.165, 1.54) is 0 Å². The molecule has 20 heavy (non-hydrogen) atoms. The third-order valence-corrected chi connectivity index (χ3v) is 3.11. The Labute approximate surface area is 120 Å². The van der Waals surface area contributed by atoms with Crippen LogP contribution < -0.4 is 4.72 Å². The molecule has 0 aliphatic heterocycles. The van der Waals surface area contributed by atoms with Crippen LogP contribution in [0, 0.1) is 5.41 Å². The molecular formula is C13H22N2O4S. The summed E-state index contributed by atoms with van der Waals surface area (Å²) in [5.74, 6) is 0.399. The SMILES string of the molecule is CN(CC(C)(C)C)C(=O)c1ccc(CNS(C)(=O)=O)o1. The van der Waals surface area contributed by atoms with Crippen molar-refractivity contribution in [3.63, 3.8) is 0 Å². The minimum atomic E-state index is -3.28. The summed E-state index contributed by atoms with van der Waals surface area (Å²) in [6.45, 7) is 6.76. The van der Waals surface area contributed by atoms with E-state index in [1.807, 2.05) is 20.8 Å². The van der Waals surface area contributed by atoms with Gasteiger partial charge in [0.2, 0.25) is 10.0 Å². The zero-order valence-electron chi connectivity index (χ0n) is 12.6. The van der Waals surface area contributed by atoms with Crippen molar-refractivity contribution in [1.82, 2.24) is 9.62 Å². The highest BCUT2D eigenvalue weighted by Crippen LogP contribution is 2.17. The first-order chi connectivity index (χ1) is 8.98. The Hall–Kier alpha value is -1.34. The summed E-state index contributed by atoms with van der Waals surface area (Å²) in [6, 6.07) is 3.15. The molecule has 0 aliphatic rings. The van der Waals surface area contributed by atoms with Crippen LogP contribution in [0.3, 0.4) is 0 Å². The van der Waals surface area contributed by atoms with Crippen LogP contribution in [-0.2, 0) is 16.6 Å². The van der Waals surface area contributed by atoms with Crippen LogP contribution in [0.4, 0.5) is 0 Å². The number of nitrogens with one attached hydrogen (secondary N) is 1. The van der Waals surface area contributed by atoms with E-state index >= 15 is 0 Å². The molecule has 0 saturated carbocycles. The number of rotatable bonds is 5. The highest BCUT2D eigenvalue weighted by molar-refractivity contribution is 7.88. The number of carbonyl (C=O) groups is 1. The van der Waals surface area contributed by atoms with E-state index < -0.39 is 10.0 Å². The average Bonchev–Trinajstić information content (AvgIpc) is 2.70. The molecule has 6 nitrogen and oxygen atoms in total. The van der Waals surface area contributed by atoms with E-state index in [4.69, 9.17) is 4.42 Å². The fourth-order valence-corrected chi connectivity index (χ4v) is 2.17. The molecule has 0 aromatic carbocycles. The summed E-state index contributed by atoms with van der Waals surface area (Å²) in [7, 11) is -1.57. The maximum atomic E-state index is 12.1. The molecule has 0 atom stereocenters. The highest BCUT2D eigenvalue weighted by atomic mass is 32.2. The first kappa shape index (κ1) is 16.7. The lowest BCUT2D eigenvalue weighted by atomic mass is 9.96. The third-order valence-electron chi connectivity index (χ3n) is 2.44. The molecule has 1 aromatic rings. The largest absolute Gasteiger partial charge is 0.455 e. The second-order valence-corrected chi connectivity index (χ2v) is 7.91. The zero-order valence-corrected chi connectivity index (χ0v) is 13.4. The first-order valence-electron chi connectivity index (χ1n) is 6.27. The number of hydrogen-bond acceptors (Lipinski definition) is 4. The average molecular weight is 302 g/mol. The third kappa shape index (κ3) is 5.75. The van der Waals surface area contributed by atoms with Crippen LogP contribution >= 0.6 is 0 Å². The van der Waals surface area contributed by atoms with Gasteiger partial charge < -0.3 is 9.32 Å². The van der Waals surface area contributed by atoms with Crippen molar-refractivity contribution in [2.24, 2.45) is 5.41 Å². The van der Waals surface area contributed by atoms with Gasteiger partial charge in [-0.25, -0.2) is 13.1 Å². The van der Waals surface area contributed by atoms with E-state index in [0.29, 0.717) is 12.3 Å². The summed E-state index contributed by atoms with van der Waals surface area (Å²) in [5, 5.41) is 0. The van der Waals surface area contributed by atoms with E-state index in [2.05, 4.69) is 4.72 Å². The van der Waals surface area contributed by atoms with Crippen LogP contribution in [0.1, 0.15) is 37.1 Å². The van der Waals surface area contributed by atoms with Gasteiger partial charge in [0.05, 0.1) is 12.8 Å². The Kier molecular flexibility index (Phi) is 4.99. The van der Waals surface area contributed by atoms with Crippen molar-refractivity contribution in [2.75, 3.05) is 19.8 Å². The van der Waals surface area contributed by atoms with Crippen LogP contribution in [0.25, 0.3) is 0 Å². The molecule has 0 bridgehead atoms. The van der Waals surface area contributed by atoms with Gasteiger partial charge >= 0.3 is 0 Å². The minimum absolute atomic E-state index is 0.00230. The molecule has 0 radical (unpaired) electrons. The maximum absolute atomic E-state index is 12.1. The fraction of sp³-hybridized carbons (Fsp3) is 0.615. The van der Waals surface area contributed by atoms with Gasteiger partial charge in [-0.1, -0.05) is 20.8 Å². The molecule has 7 heteroatoms. The van der Waals surface area contributed by atoms with E-state index in [1.54, 1.807) is 24.1 Å². The Morgan fingerprint density at radius 2 is 1.95 bits per heavy atom. The van der Waals surface area contributed by atoms with Gasteiger partial charge in [0, 0.05) is 13.6 Å². The molecule has 0 spiro atoms. The summed E-state index contributed by atoms with van der Waals surface area (Å²) in [5.41, 5.74) is -0.00230. The van der Waals surface area contributed by atoms with Crippen molar-refractivity contribution >= 4 is 15.9 Å². The maximum Gasteiger partial charge on any atom is 0.289 e. The van der Waals surface area contributed by atoms with E-state index in [9.17, 15) is 13.2 Å². The minimum Gasteiger partial charge on any atom is -0.455 e. The number of hydrogen-bond donors (Lipinski definition) is 1. The van der Waals surface area contributed by atoms with Crippen molar-refractivity contribution in [3.05, 3.63) is 23.7 Å². The van der Waals surface area contributed by atoms with Crippen molar-refractivity contribution in [2.45, 2.75) is 27.3 Å². The zero-order chi connectivity index (χ0) is 15.6. The molecule has 1 heterocycles. The van der Waals surface area contributed by atoms with Gasteiger partial charge in [0.25, 0.3) is 5.91 Å². The van der Waals surface area contributed by atoms with Crippen LogP contribution in [-0.4, -0.2) is 39.1 Å². The van der Waals surface area contributed by atoms with Crippen LogP contribution in [0.2, 0.25) is 0 Å². The number of nitrogens with zero attached hydrogens (tertiary/aromatic N) is 1. The molecule has 0 fully saturated rings. The molecule has 114 valence electrons. The van der Waals surface area contributed by atoms with Crippen molar-refractivity contribution in [1.29, 1.82) is 0 Å². The Morgan fingerprint density at radius 3 is 2.45 bits per heavy atom. The number of sulfonamides is 1. The predicted octanol–water partition coefficient (Wildman–Crippen LogP) is 1.45. The number of amides is 1. The summed E-state index contributed by atoms with van der Waals surface area (Å²) >= 11 is 0. The van der Waals surface area contributed by atoms with E-state index in [-0.39, 0.29) is 23.6 Å². The Bertz CT molecular complexity index is 569. The van der Waals surface area contributed by atoms with Gasteiger partial charge in [-0.3, -0.25) is 4.79 Å². The number of carbonyl (C=O) groups excluding carboxylic acids is 1. The van der Waals surface area contributed by atoms with Crippen molar-refractivity contribution in [3.8, 4) is 0 Å². The Balaban J connectivity index is 2.69. The quantitative estimate of drug-likeness (QED) is 0.892. The monoisotopic (exact) mass is 302 g/mol. The van der Waals surface area contributed by atoms with Gasteiger partial charge in [-0.05, 0) is 17.5 Å². The first-order valence-corrected chi connectivity index (χ1v) is 8.16. The molecule has 0 aliphatic carbocycles. The molecular weight excluding hydrogens is 280 g/mol. The summed E-state index contributed by atoms with van der Waals surface area (Å²) in [4.78, 5) is 13.7. The highest BCUT2D eigenvalue weighted by Gasteiger charge is 2.21. The van der Waals surface area contributed by atoms with Gasteiger partial charge in [-0.15, -0.1) is 0 Å². The fourth-order valence-electron chi connectivity index (χ4n) is 1.76. The molecule has 0 saturated heterocycles. The van der Waals surface area contributed by atoms with Gasteiger partial charge in [-0.2, -0.15) is 0 Å². The molecule has 0 unspecified atom stereocenters. The van der Waals surface area contributed by atoms with Gasteiger partial charge in [0.1, 0.15) is 5.76 Å². The van der Waals surface area contributed by atoms with Crippen LogP contribution in [0.5, 0.6) is 0 Å². The standard InChI is InChI=1S/C13H22N2O4S/c1-13(2,3)9-15(4)12(16)11-7-6-10(19-11)8-14-20(5,17)18/h6-7,14H,8-9H2,1-5H3. The number of furan rings is 1. The molecule has 1 aromatic heterocycles. The molecule has 1 N–H and O–H groups in total. The van der Waals surface area contributed by atoms with Gasteiger partial charge in [0.15, 0.2) is 5.76 Å². The summed E-state index contributed by atoms with van der Waals surface area (Å²) < 4.78 is 29.6. The lowest BCUT2D eigenvalue weighted by Gasteiger charge is -2.25. The predicted molar refractivity (Wildman–Crippen MR) is 76.8 cm³/mol. The normalized spacial score (nSPS) is 12.4. The lowest BCUT2D eigenvalue weighted by molar-refractivity contribution is 0.0712. The smallest absolute Gasteiger partial charge is 0.289 e. The topological polar surface area (TPSA) is 79.6 Å². The van der Waals surface area contributed by atoms with Crippen molar-refractivity contribution < 1.29 is 17.6 Å². The van der Waals surface area contributed by atoms with E-state index in [0.717, 1.165) is 6.26 Å². The summed E-state index contributed by atoms with van der Waals surface area (Å²) in [6.07, 6.45) is 1.07. The second kappa shape index (κ2) is 5.97. The molecule has 1 rings (SSSR count). The second-order valence-electron chi connectivity index (χ2n) is 6.08. The van der Waals surface area contributed by atoms with Crippen LogP contribution in [0.15, 0.2) is 16.5 Å². The lowest BCUT2D eigenvalue weighted by Crippen LogP contribution is -2.34.